The van der Waals surface area contributed by atoms with Gasteiger partial charge in [0.2, 0.25) is 11.7 Å². The SMILES string of the molecule is CCC1CCN(Cc2nc(C(O)(c3ccccc3)c3ccccc3)no2)CC1Oc1ccccc1. The highest BCUT2D eigenvalue weighted by atomic mass is 16.5. The van der Waals surface area contributed by atoms with Crippen LogP contribution in [0.4, 0.5) is 0 Å². The van der Waals surface area contributed by atoms with Gasteiger partial charge >= 0.3 is 0 Å². The molecule has 2 unspecified atom stereocenters. The molecule has 1 N–H and O–H groups in total. The molecule has 0 amide bonds. The maximum atomic E-state index is 11.9. The van der Waals surface area contributed by atoms with E-state index < -0.39 is 5.60 Å². The van der Waals surface area contributed by atoms with Gasteiger partial charge in [0.25, 0.3) is 0 Å². The summed E-state index contributed by atoms with van der Waals surface area (Å²) < 4.78 is 12.0. The van der Waals surface area contributed by atoms with Crippen LogP contribution < -0.4 is 4.74 Å². The van der Waals surface area contributed by atoms with Crippen LogP contribution in [0.25, 0.3) is 0 Å². The number of hydrogen-bond acceptors (Lipinski definition) is 6. The summed E-state index contributed by atoms with van der Waals surface area (Å²) in [6, 6.07) is 28.9. The summed E-state index contributed by atoms with van der Waals surface area (Å²) >= 11 is 0. The number of para-hydroxylation sites is 1. The van der Waals surface area contributed by atoms with Crippen LogP contribution in [0.2, 0.25) is 0 Å². The fraction of sp³-hybridized carbons (Fsp3) is 0.310. The monoisotopic (exact) mass is 469 g/mol. The van der Waals surface area contributed by atoms with Crippen molar-refractivity contribution in [3.8, 4) is 5.75 Å². The first-order chi connectivity index (χ1) is 17.2. The smallest absolute Gasteiger partial charge is 0.240 e. The topological polar surface area (TPSA) is 71.6 Å². The maximum Gasteiger partial charge on any atom is 0.240 e. The Morgan fingerprint density at radius 2 is 1.54 bits per heavy atom. The van der Waals surface area contributed by atoms with Crippen LogP contribution in [0.15, 0.2) is 95.5 Å². The van der Waals surface area contributed by atoms with Gasteiger partial charge in [0.1, 0.15) is 11.9 Å². The lowest BCUT2D eigenvalue weighted by molar-refractivity contribution is 0.0300. The predicted molar refractivity (Wildman–Crippen MR) is 134 cm³/mol. The molecule has 2 heterocycles. The van der Waals surface area contributed by atoms with E-state index in [0.717, 1.165) is 31.7 Å². The van der Waals surface area contributed by atoms with Gasteiger partial charge in [-0.25, -0.2) is 0 Å². The first-order valence-corrected chi connectivity index (χ1v) is 12.3. The fourth-order valence-electron chi connectivity index (χ4n) is 4.89. The van der Waals surface area contributed by atoms with Gasteiger partial charge in [0.15, 0.2) is 5.60 Å². The Bertz CT molecular complexity index is 1160. The zero-order valence-electron chi connectivity index (χ0n) is 20.0. The van der Waals surface area contributed by atoms with Gasteiger partial charge in [-0.15, -0.1) is 0 Å². The van der Waals surface area contributed by atoms with Crippen molar-refractivity contribution in [2.45, 2.75) is 38.0 Å². The van der Waals surface area contributed by atoms with Crippen LogP contribution in [-0.4, -0.2) is 39.3 Å². The van der Waals surface area contributed by atoms with Gasteiger partial charge in [0.05, 0.1) is 6.54 Å². The minimum Gasteiger partial charge on any atom is -0.489 e. The molecule has 0 aliphatic carbocycles. The molecule has 6 nitrogen and oxygen atoms in total. The Labute approximate surface area is 206 Å². The van der Waals surface area contributed by atoms with Crippen LogP contribution in [0.5, 0.6) is 5.75 Å². The van der Waals surface area contributed by atoms with Gasteiger partial charge in [0, 0.05) is 6.54 Å². The molecule has 4 aromatic rings. The zero-order valence-corrected chi connectivity index (χ0v) is 20.0. The minimum absolute atomic E-state index is 0.101. The summed E-state index contributed by atoms with van der Waals surface area (Å²) in [6.07, 6.45) is 2.23. The number of aliphatic hydroxyl groups is 1. The third-order valence-corrected chi connectivity index (χ3v) is 6.87. The molecule has 0 spiro atoms. The lowest BCUT2D eigenvalue weighted by Gasteiger charge is -2.37. The molecule has 2 atom stereocenters. The van der Waals surface area contributed by atoms with Crippen LogP contribution in [0.1, 0.15) is 42.6 Å². The van der Waals surface area contributed by atoms with Crippen molar-refractivity contribution in [2.75, 3.05) is 13.1 Å². The second kappa shape index (κ2) is 10.4. The summed E-state index contributed by atoms with van der Waals surface area (Å²) in [5, 5.41) is 16.1. The molecule has 0 radical (unpaired) electrons. The van der Waals surface area contributed by atoms with Gasteiger partial charge in [-0.2, -0.15) is 4.98 Å². The van der Waals surface area contributed by atoms with E-state index in [9.17, 15) is 5.11 Å². The molecule has 1 aliphatic rings. The highest BCUT2D eigenvalue weighted by Crippen LogP contribution is 2.35. The van der Waals surface area contributed by atoms with Crippen LogP contribution in [0, 0.1) is 5.92 Å². The number of hydrogen-bond donors (Lipinski definition) is 1. The summed E-state index contributed by atoms with van der Waals surface area (Å²) in [6.45, 7) is 4.46. The molecular formula is C29H31N3O3. The Hall–Kier alpha value is -3.48. The average Bonchev–Trinajstić information content (AvgIpc) is 3.39. The number of benzene rings is 3. The van der Waals surface area contributed by atoms with E-state index in [1.165, 1.54) is 0 Å². The predicted octanol–water partition coefficient (Wildman–Crippen LogP) is 5.03. The van der Waals surface area contributed by atoms with Crippen molar-refractivity contribution in [3.63, 3.8) is 0 Å². The Morgan fingerprint density at radius 3 is 2.14 bits per heavy atom. The number of piperidine rings is 1. The summed E-state index contributed by atoms with van der Waals surface area (Å²) in [4.78, 5) is 6.96. The largest absolute Gasteiger partial charge is 0.489 e. The van der Waals surface area contributed by atoms with Crippen LogP contribution in [-0.2, 0) is 12.1 Å². The summed E-state index contributed by atoms with van der Waals surface area (Å²) in [5.74, 6) is 2.13. The maximum absolute atomic E-state index is 11.9. The molecule has 3 aromatic carbocycles. The molecule has 1 aliphatic heterocycles. The van der Waals surface area contributed by atoms with E-state index in [2.05, 4.69) is 22.0 Å². The lowest BCUT2D eigenvalue weighted by Crippen LogP contribution is -2.46. The molecule has 180 valence electrons. The second-order valence-electron chi connectivity index (χ2n) is 9.12. The van der Waals surface area contributed by atoms with Crippen molar-refractivity contribution in [1.82, 2.24) is 15.0 Å². The van der Waals surface area contributed by atoms with E-state index >= 15 is 0 Å². The molecule has 1 saturated heterocycles. The van der Waals surface area contributed by atoms with E-state index in [1.807, 2.05) is 91.0 Å². The molecule has 5 rings (SSSR count). The number of ether oxygens (including phenoxy) is 1. The quantitative estimate of drug-likeness (QED) is 0.390. The molecule has 1 fully saturated rings. The molecule has 0 bridgehead atoms. The lowest BCUT2D eigenvalue weighted by atomic mass is 9.85. The fourth-order valence-corrected chi connectivity index (χ4v) is 4.89. The third-order valence-electron chi connectivity index (χ3n) is 6.87. The normalized spacial score (nSPS) is 18.9. The van der Waals surface area contributed by atoms with Crippen molar-refractivity contribution in [2.24, 2.45) is 5.92 Å². The molecule has 35 heavy (non-hydrogen) atoms. The van der Waals surface area contributed by atoms with Gasteiger partial charge < -0.3 is 14.4 Å². The zero-order chi connectivity index (χ0) is 24.1. The first-order valence-electron chi connectivity index (χ1n) is 12.3. The Kier molecular flexibility index (Phi) is 6.93. The number of rotatable bonds is 8. The van der Waals surface area contributed by atoms with Crippen molar-refractivity contribution in [3.05, 3.63) is 114 Å². The summed E-state index contributed by atoms with van der Waals surface area (Å²) in [7, 11) is 0. The highest BCUT2D eigenvalue weighted by Gasteiger charge is 2.39. The van der Waals surface area contributed by atoms with Gasteiger partial charge in [-0.1, -0.05) is 90.9 Å². The van der Waals surface area contributed by atoms with E-state index in [-0.39, 0.29) is 11.9 Å². The number of likely N-dealkylation sites (tertiary alicyclic amines) is 1. The molecular weight excluding hydrogens is 438 g/mol. The third kappa shape index (κ3) is 4.99. The van der Waals surface area contributed by atoms with E-state index in [4.69, 9.17) is 9.26 Å². The first kappa shape index (κ1) is 23.3. The Morgan fingerprint density at radius 1 is 0.943 bits per heavy atom. The number of aromatic nitrogens is 2. The van der Waals surface area contributed by atoms with Crippen molar-refractivity contribution < 1.29 is 14.4 Å². The van der Waals surface area contributed by atoms with Crippen LogP contribution in [0.3, 0.4) is 0 Å². The van der Waals surface area contributed by atoms with Crippen molar-refractivity contribution >= 4 is 0 Å². The highest BCUT2D eigenvalue weighted by molar-refractivity contribution is 5.42. The average molecular weight is 470 g/mol. The molecule has 1 aromatic heterocycles. The van der Waals surface area contributed by atoms with Crippen molar-refractivity contribution in [1.29, 1.82) is 0 Å². The van der Waals surface area contributed by atoms with E-state index in [0.29, 0.717) is 29.5 Å². The second-order valence-corrected chi connectivity index (χ2v) is 9.12. The van der Waals surface area contributed by atoms with Crippen LogP contribution >= 0.6 is 0 Å². The Balaban J connectivity index is 1.36. The van der Waals surface area contributed by atoms with Gasteiger partial charge in [-0.3, -0.25) is 4.90 Å². The minimum atomic E-state index is -1.50. The van der Waals surface area contributed by atoms with Gasteiger partial charge in [-0.05, 0) is 48.6 Å². The molecule has 6 heteroatoms. The summed E-state index contributed by atoms with van der Waals surface area (Å²) in [5.41, 5.74) is -0.115. The van der Waals surface area contributed by atoms with E-state index in [1.54, 1.807) is 0 Å². The standard InChI is InChI=1S/C29H31N3O3/c1-2-22-18-19-32(20-26(22)34-25-16-10-5-11-17-25)21-27-30-28(31-35-27)29(33,23-12-6-3-7-13-23)24-14-8-4-9-15-24/h3-17,22,26,33H,2,18-21H2,1H3. The number of nitrogens with zero attached hydrogens (tertiary/aromatic N) is 3. The molecule has 0 saturated carbocycles.